The molecule has 0 spiro atoms. The van der Waals surface area contributed by atoms with Gasteiger partial charge in [-0.2, -0.15) is 0 Å². The number of carbonyl (C=O) groups excluding carboxylic acids is 2. The van der Waals surface area contributed by atoms with Gasteiger partial charge in [-0.05, 0) is 18.4 Å². The van der Waals surface area contributed by atoms with Crippen LogP contribution in [-0.2, 0) is 11.3 Å². The Kier molecular flexibility index (Phi) is 5.59. The minimum Gasteiger partial charge on any atom is -0.337 e. The fraction of sp³-hybridized carbons (Fsp3) is 0.600. The summed E-state index contributed by atoms with van der Waals surface area (Å²) >= 11 is 0. The summed E-state index contributed by atoms with van der Waals surface area (Å²) in [6, 6.07) is 10.8. The fourth-order valence-corrected chi connectivity index (χ4v) is 3.85. The molecule has 4 rings (SSSR count). The molecule has 1 aromatic rings. The summed E-state index contributed by atoms with van der Waals surface area (Å²) in [5.74, 6) is 0.0854. The molecule has 7 heteroatoms. The molecule has 0 bridgehead atoms. The van der Waals surface area contributed by atoms with Gasteiger partial charge in [0, 0.05) is 51.9 Å². The van der Waals surface area contributed by atoms with Crippen LogP contribution in [0.1, 0.15) is 18.4 Å². The van der Waals surface area contributed by atoms with Crippen LogP contribution in [0.3, 0.4) is 0 Å². The lowest BCUT2D eigenvalue weighted by molar-refractivity contribution is -0.127. The molecule has 7 nitrogen and oxygen atoms in total. The fourth-order valence-electron chi connectivity index (χ4n) is 3.85. The first-order valence-corrected chi connectivity index (χ1v) is 10.00. The Morgan fingerprint density at radius 2 is 1.74 bits per heavy atom. The molecule has 2 aliphatic heterocycles. The highest BCUT2D eigenvalue weighted by atomic mass is 16.2. The monoisotopic (exact) mass is 371 g/mol. The van der Waals surface area contributed by atoms with Gasteiger partial charge >= 0.3 is 6.03 Å². The van der Waals surface area contributed by atoms with Crippen LogP contribution in [-0.4, -0.2) is 90.1 Å². The molecule has 3 aliphatic rings. The van der Waals surface area contributed by atoms with Gasteiger partial charge in [0.25, 0.3) is 0 Å². The van der Waals surface area contributed by atoms with Crippen molar-refractivity contribution in [1.29, 1.82) is 0 Å². The smallest absolute Gasteiger partial charge is 0.319 e. The van der Waals surface area contributed by atoms with E-state index in [0.29, 0.717) is 19.3 Å². The Balaban J connectivity index is 1.12. The minimum absolute atomic E-state index is 0.0854. The van der Waals surface area contributed by atoms with E-state index in [9.17, 15) is 9.59 Å². The molecule has 1 aromatic carbocycles. The molecule has 146 valence electrons. The summed E-state index contributed by atoms with van der Waals surface area (Å²) in [5.41, 5.74) is 1.36. The van der Waals surface area contributed by atoms with Gasteiger partial charge in [0.2, 0.25) is 5.91 Å². The van der Waals surface area contributed by atoms with E-state index in [-0.39, 0.29) is 18.5 Å². The highest BCUT2D eigenvalue weighted by Crippen LogP contribution is 2.29. The van der Waals surface area contributed by atoms with Gasteiger partial charge in [0.15, 0.2) is 0 Å². The van der Waals surface area contributed by atoms with Crippen molar-refractivity contribution in [2.75, 3.05) is 52.5 Å². The standard InChI is InChI=1S/C20H29N5O2/c26-19-15-24(16-25(19)18-6-7-18)20(27)21-8-9-22-10-12-23(13-11-22)14-17-4-2-1-3-5-17/h1-5,18H,6-16H2,(H,21,27). The van der Waals surface area contributed by atoms with Crippen LogP contribution >= 0.6 is 0 Å². The molecule has 1 aliphatic carbocycles. The van der Waals surface area contributed by atoms with Crippen molar-refractivity contribution in [3.63, 3.8) is 0 Å². The second-order valence-corrected chi connectivity index (χ2v) is 7.77. The number of nitrogens with zero attached hydrogens (tertiary/aromatic N) is 4. The number of nitrogens with one attached hydrogen (secondary N) is 1. The molecular formula is C20H29N5O2. The number of urea groups is 1. The molecule has 0 unspecified atom stereocenters. The number of carbonyl (C=O) groups is 2. The maximum Gasteiger partial charge on any atom is 0.319 e. The Bertz CT molecular complexity index is 656. The van der Waals surface area contributed by atoms with E-state index in [2.05, 4.69) is 45.4 Å². The van der Waals surface area contributed by atoms with E-state index in [1.54, 1.807) is 4.90 Å². The maximum atomic E-state index is 12.3. The second kappa shape index (κ2) is 8.27. The molecule has 2 heterocycles. The van der Waals surface area contributed by atoms with Crippen molar-refractivity contribution in [2.45, 2.75) is 25.4 Å². The first-order chi connectivity index (χ1) is 13.2. The molecule has 1 N–H and O–H groups in total. The number of hydrogen-bond donors (Lipinski definition) is 1. The molecule has 3 amide bonds. The first kappa shape index (κ1) is 18.3. The molecule has 2 saturated heterocycles. The summed E-state index contributed by atoms with van der Waals surface area (Å²) in [5, 5.41) is 2.98. The maximum absolute atomic E-state index is 12.3. The van der Waals surface area contributed by atoms with E-state index < -0.39 is 0 Å². The third-order valence-corrected chi connectivity index (χ3v) is 5.66. The van der Waals surface area contributed by atoms with Crippen LogP contribution in [0.5, 0.6) is 0 Å². The van der Waals surface area contributed by atoms with Crippen molar-refractivity contribution >= 4 is 11.9 Å². The van der Waals surface area contributed by atoms with Gasteiger partial charge in [-0.15, -0.1) is 0 Å². The SMILES string of the molecule is O=C(NCCN1CCN(Cc2ccccc2)CC1)N1CC(=O)N(C2CC2)C1. The zero-order chi connectivity index (χ0) is 18.6. The number of hydrogen-bond acceptors (Lipinski definition) is 4. The van der Waals surface area contributed by atoms with Gasteiger partial charge in [-0.25, -0.2) is 4.79 Å². The van der Waals surface area contributed by atoms with Crippen LogP contribution in [0.25, 0.3) is 0 Å². The Morgan fingerprint density at radius 1 is 1.04 bits per heavy atom. The largest absolute Gasteiger partial charge is 0.337 e. The number of amides is 3. The predicted octanol–water partition coefficient (Wildman–Crippen LogP) is 0.778. The van der Waals surface area contributed by atoms with Crippen molar-refractivity contribution in [2.24, 2.45) is 0 Å². The quantitative estimate of drug-likeness (QED) is 0.803. The third-order valence-electron chi connectivity index (χ3n) is 5.66. The van der Waals surface area contributed by atoms with E-state index in [1.807, 2.05) is 4.90 Å². The van der Waals surface area contributed by atoms with Crippen LogP contribution in [0.2, 0.25) is 0 Å². The third kappa shape index (κ3) is 4.78. The van der Waals surface area contributed by atoms with Gasteiger partial charge in [-0.3, -0.25) is 19.5 Å². The molecule has 0 radical (unpaired) electrons. The summed E-state index contributed by atoms with van der Waals surface area (Å²) in [4.78, 5) is 32.6. The van der Waals surface area contributed by atoms with Gasteiger partial charge in [0.1, 0.15) is 6.54 Å². The van der Waals surface area contributed by atoms with Gasteiger partial charge < -0.3 is 10.2 Å². The zero-order valence-corrected chi connectivity index (χ0v) is 15.8. The molecule has 27 heavy (non-hydrogen) atoms. The number of rotatable bonds is 6. The van der Waals surface area contributed by atoms with Crippen LogP contribution in [0.15, 0.2) is 30.3 Å². The lowest BCUT2D eigenvalue weighted by Gasteiger charge is -2.34. The second-order valence-electron chi connectivity index (χ2n) is 7.77. The summed E-state index contributed by atoms with van der Waals surface area (Å²) < 4.78 is 0. The van der Waals surface area contributed by atoms with Crippen molar-refractivity contribution in [3.8, 4) is 0 Å². The lowest BCUT2D eigenvalue weighted by Crippen LogP contribution is -2.49. The van der Waals surface area contributed by atoms with Crippen molar-refractivity contribution < 1.29 is 9.59 Å². The summed E-state index contributed by atoms with van der Waals surface area (Å²) in [6.07, 6.45) is 2.16. The number of piperazine rings is 1. The zero-order valence-electron chi connectivity index (χ0n) is 15.8. The van der Waals surface area contributed by atoms with E-state index in [4.69, 9.17) is 0 Å². The van der Waals surface area contributed by atoms with E-state index in [1.165, 1.54) is 5.56 Å². The average molecular weight is 371 g/mol. The van der Waals surface area contributed by atoms with E-state index >= 15 is 0 Å². The lowest BCUT2D eigenvalue weighted by atomic mass is 10.2. The van der Waals surface area contributed by atoms with Crippen LogP contribution in [0, 0.1) is 0 Å². The molecule has 1 saturated carbocycles. The van der Waals surface area contributed by atoms with Crippen molar-refractivity contribution in [1.82, 2.24) is 24.9 Å². The molecule has 0 aromatic heterocycles. The van der Waals surface area contributed by atoms with Crippen LogP contribution in [0.4, 0.5) is 4.79 Å². The Morgan fingerprint density at radius 3 is 2.44 bits per heavy atom. The van der Waals surface area contributed by atoms with Crippen LogP contribution < -0.4 is 5.32 Å². The molecule has 0 atom stereocenters. The normalized spacial score (nSPS) is 21.7. The molecular weight excluding hydrogens is 342 g/mol. The predicted molar refractivity (Wildman–Crippen MR) is 103 cm³/mol. The van der Waals surface area contributed by atoms with Crippen molar-refractivity contribution in [3.05, 3.63) is 35.9 Å². The summed E-state index contributed by atoms with van der Waals surface area (Å²) in [6.45, 7) is 7.34. The molecule has 3 fully saturated rings. The Labute approximate surface area is 160 Å². The topological polar surface area (TPSA) is 59.1 Å². The van der Waals surface area contributed by atoms with Gasteiger partial charge in [0.05, 0.1) is 6.67 Å². The van der Waals surface area contributed by atoms with Gasteiger partial charge in [-0.1, -0.05) is 30.3 Å². The number of benzene rings is 1. The summed E-state index contributed by atoms with van der Waals surface area (Å²) in [7, 11) is 0. The minimum atomic E-state index is -0.116. The first-order valence-electron chi connectivity index (χ1n) is 10.00. The van der Waals surface area contributed by atoms with E-state index in [0.717, 1.165) is 52.1 Å². The highest BCUT2D eigenvalue weighted by molar-refractivity contribution is 5.87. The average Bonchev–Trinajstić information content (AvgIpc) is 3.45. The highest BCUT2D eigenvalue weighted by Gasteiger charge is 2.39. The Hall–Kier alpha value is -2.12.